The van der Waals surface area contributed by atoms with Crippen LogP contribution in [-0.4, -0.2) is 41.7 Å². The molecular formula is C11H27NO3Si. The third-order valence-corrected chi connectivity index (χ3v) is 4.52. The molecule has 0 bridgehead atoms. The van der Waals surface area contributed by atoms with Crippen molar-refractivity contribution in [2.45, 2.75) is 40.2 Å². The van der Waals surface area contributed by atoms with Gasteiger partial charge in [-0.1, -0.05) is 13.3 Å². The van der Waals surface area contributed by atoms with Gasteiger partial charge in [0, 0.05) is 26.3 Å². The van der Waals surface area contributed by atoms with E-state index in [4.69, 9.17) is 13.3 Å². The molecule has 16 heavy (non-hydrogen) atoms. The van der Waals surface area contributed by atoms with Gasteiger partial charge in [0.1, 0.15) is 0 Å². The van der Waals surface area contributed by atoms with Crippen LogP contribution in [-0.2, 0) is 13.3 Å². The van der Waals surface area contributed by atoms with Gasteiger partial charge in [-0.2, -0.15) is 0 Å². The third-order valence-electron chi connectivity index (χ3n) is 2.16. The molecule has 1 N–H and O–H groups in total. The van der Waals surface area contributed by atoms with Gasteiger partial charge >= 0.3 is 8.80 Å². The van der Waals surface area contributed by atoms with Crippen molar-refractivity contribution in [3.05, 3.63) is 0 Å². The highest BCUT2D eigenvalue weighted by Gasteiger charge is 2.33. The van der Waals surface area contributed by atoms with Crippen LogP contribution in [0, 0.1) is 0 Å². The van der Waals surface area contributed by atoms with Gasteiger partial charge in [-0.15, -0.1) is 0 Å². The summed E-state index contributed by atoms with van der Waals surface area (Å²) in [7, 11) is -2.36. The van der Waals surface area contributed by atoms with E-state index in [1.165, 1.54) is 12.8 Å². The zero-order valence-corrected chi connectivity index (χ0v) is 12.2. The summed E-state index contributed by atoms with van der Waals surface area (Å²) in [6.45, 7) is 11.9. The summed E-state index contributed by atoms with van der Waals surface area (Å²) in [6.07, 6.45) is 2.43. The lowest BCUT2D eigenvalue weighted by Crippen LogP contribution is -2.44. The van der Waals surface area contributed by atoms with Crippen molar-refractivity contribution >= 4 is 8.80 Å². The zero-order valence-electron chi connectivity index (χ0n) is 11.2. The molecule has 0 unspecified atom stereocenters. The van der Waals surface area contributed by atoms with E-state index in [9.17, 15) is 0 Å². The van der Waals surface area contributed by atoms with E-state index in [0.717, 1.165) is 13.1 Å². The molecule has 0 saturated heterocycles. The van der Waals surface area contributed by atoms with E-state index in [0.29, 0.717) is 19.8 Å². The maximum Gasteiger partial charge on any atom is 0.497 e. The topological polar surface area (TPSA) is 39.7 Å². The fourth-order valence-electron chi connectivity index (χ4n) is 1.38. The monoisotopic (exact) mass is 249 g/mol. The van der Waals surface area contributed by atoms with Crippen LogP contribution < -0.4 is 5.32 Å². The number of hydrogen-bond donors (Lipinski definition) is 1. The SMILES string of the molecule is CCCCNCCO[Si](C)(OCC)OCC. The van der Waals surface area contributed by atoms with E-state index in [2.05, 4.69) is 12.2 Å². The van der Waals surface area contributed by atoms with Crippen LogP contribution in [0.3, 0.4) is 0 Å². The minimum absolute atomic E-state index is 0.645. The summed E-state index contributed by atoms with van der Waals surface area (Å²) < 4.78 is 16.9. The Bertz CT molecular complexity index is 152. The van der Waals surface area contributed by atoms with Crippen molar-refractivity contribution in [1.82, 2.24) is 5.32 Å². The van der Waals surface area contributed by atoms with Crippen molar-refractivity contribution in [1.29, 1.82) is 0 Å². The minimum Gasteiger partial charge on any atom is -0.374 e. The Morgan fingerprint density at radius 2 is 1.56 bits per heavy atom. The molecule has 0 aromatic carbocycles. The second-order valence-corrected chi connectivity index (χ2v) is 6.27. The Hall–Kier alpha value is 0.0569. The molecule has 0 aliphatic heterocycles. The third kappa shape index (κ3) is 8.24. The summed E-state index contributed by atoms with van der Waals surface area (Å²) >= 11 is 0. The van der Waals surface area contributed by atoms with Crippen LogP contribution in [0.5, 0.6) is 0 Å². The first-order chi connectivity index (χ1) is 7.68. The van der Waals surface area contributed by atoms with E-state index < -0.39 is 8.80 Å². The first-order valence-corrected chi connectivity index (χ1v) is 8.53. The summed E-state index contributed by atoms with van der Waals surface area (Å²) in [5, 5.41) is 3.33. The molecule has 0 aromatic rings. The Kier molecular flexibility index (Phi) is 10.3. The molecule has 0 spiro atoms. The van der Waals surface area contributed by atoms with E-state index in [-0.39, 0.29) is 0 Å². The lowest BCUT2D eigenvalue weighted by Gasteiger charge is -2.25. The fraction of sp³-hybridized carbons (Fsp3) is 1.00. The fourth-order valence-corrected chi connectivity index (χ4v) is 3.16. The predicted octanol–water partition coefficient (Wildman–Crippen LogP) is 2.03. The quantitative estimate of drug-likeness (QED) is 0.449. The Labute approximate surface area is 101 Å². The smallest absolute Gasteiger partial charge is 0.374 e. The molecule has 0 heterocycles. The molecule has 0 amide bonds. The largest absolute Gasteiger partial charge is 0.497 e. The molecule has 0 rings (SSSR count). The maximum absolute atomic E-state index is 5.72. The number of hydrogen-bond acceptors (Lipinski definition) is 4. The highest BCUT2D eigenvalue weighted by molar-refractivity contribution is 6.59. The lowest BCUT2D eigenvalue weighted by atomic mass is 10.3. The maximum atomic E-state index is 5.72. The van der Waals surface area contributed by atoms with Gasteiger partial charge in [-0.3, -0.25) is 0 Å². The minimum atomic E-state index is -2.36. The van der Waals surface area contributed by atoms with Crippen LogP contribution in [0.25, 0.3) is 0 Å². The van der Waals surface area contributed by atoms with Gasteiger partial charge in [-0.25, -0.2) is 0 Å². The van der Waals surface area contributed by atoms with Gasteiger partial charge < -0.3 is 18.6 Å². The van der Waals surface area contributed by atoms with Gasteiger partial charge in [-0.05, 0) is 26.8 Å². The second-order valence-electron chi connectivity index (χ2n) is 3.68. The average molecular weight is 249 g/mol. The number of unbranched alkanes of at least 4 members (excludes halogenated alkanes) is 1. The van der Waals surface area contributed by atoms with Crippen molar-refractivity contribution < 1.29 is 13.3 Å². The van der Waals surface area contributed by atoms with Crippen LogP contribution in [0.1, 0.15) is 33.6 Å². The Morgan fingerprint density at radius 3 is 2.06 bits per heavy atom. The molecule has 0 radical (unpaired) electrons. The highest BCUT2D eigenvalue weighted by atomic mass is 28.4. The van der Waals surface area contributed by atoms with E-state index >= 15 is 0 Å². The molecule has 4 nitrogen and oxygen atoms in total. The molecule has 0 aliphatic rings. The molecule has 0 aliphatic carbocycles. The van der Waals surface area contributed by atoms with Crippen LogP contribution in [0.2, 0.25) is 6.55 Å². The van der Waals surface area contributed by atoms with Crippen LogP contribution in [0.4, 0.5) is 0 Å². The van der Waals surface area contributed by atoms with Gasteiger partial charge in [0.2, 0.25) is 0 Å². The van der Waals surface area contributed by atoms with Crippen molar-refractivity contribution in [3.8, 4) is 0 Å². The first-order valence-electron chi connectivity index (χ1n) is 6.31. The van der Waals surface area contributed by atoms with Crippen LogP contribution >= 0.6 is 0 Å². The molecular weight excluding hydrogens is 222 g/mol. The summed E-state index contributed by atoms with van der Waals surface area (Å²) in [6, 6.07) is 0. The van der Waals surface area contributed by atoms with Crippen LogP contribution in [0.15, 0.2) is 0 Å². The number of nitrogens with one attached hydrogen (secondary N) is 1. The van der Waals surface area contributed by atoms with Gasteiger partial charge in [0.05, 0.1) is 6.61 Å². The average Bonchev–Trinajstić information content (AvgIpc) is 2.24. The zero-order chi connectivity index (χ0) is 12.3. The van der Waals surface area contributed by atoms with Gasteiger partial charge in [0.25, 0.3) is 0 Å². The summed E-state index contributed by atoms with van der Waals surface area (Å²) in [5.41, 5.74) is 0. The highest BCUT2D eigenvalue weighted by Crippen LogP contribution is 2.08. The predicted molar refractivity (Wildman–Crippen MR) is 68.6 cm³/mol. The van der Waals surface area contributed by atoms with Crippen molar-refractivity contribution in [2.24, 2.45) is 0 Å². The molecule has 0 fully saturated rings. The summed E-state index contributed by atoms with van der Waals surface area (Å²) in [4.78, 5) is 0. The van der Waals surface area contributed by atoms with Crippen molar-refractivity contribution in [3.63, 3.8) is 0 Å². The molecule has 5 heteroatoms. The summed E-state index contributed by atoms with van der Waals surface area (Å²) in [5.74, 6) is 0. The standard InChI is InChI=1S/C11H27NO3Si/c1-5-8-9-12-10-11-15-16(4,13-6-2)14-7-3/h12H,5-11H2,1-4H3. The molecule has 0 aromatic heterocycles. The van der Waals surface area contributed by atoms with Crippen molar-refractivity contribution in [2.75, 3.05) is 32.9 Å². The molecule has 0 atom stereocenters. The normalized spacial score (nSPS) is 12.0. The van der Waals surface area contributed by atoms with E-state index in [1.54, 1.807) is 0 Å². The first kappa shape index (κ1) is 16.1. The van der Waals surface area contributed by atoms with E-state index in [1.807, 2.05) is 20.4 Å². The van der Waals surface area contributed by atoms with Gasteiger partial charge in [0.15, 0.2) is 0 Å². The lowest BCUT2D eigenvalue weighted by molar-refractivity contribution is 0.0746. The number of rotatable bonds is 11. The molecule has 0 saturated carbocycles. The Balaban J connectivity index is 3.59. The molecule has 98 valence electrons. The second kappa shape index (κ2) is 10.2. The Morgan fingerprint density at radius 1 is 0.938 bits per heavy atom.